The minimum Gasteiger partial charge on any atom is -0.322 e. The molecule has 26 heavy (non-hydrogen) atoms. The molecule has 2 amide bonds. The molecule has 2 rings (SSSR count). The van der Waals surface area contributed by atoms with Gasteiger partial charge < -0.3 is 15.5 Å². The Bertz CT molecular complexity index is 782. The highest BCUT2D eigenvalue weighted by Crippen LogP contribution is 2.29. The van der Waals surface area contributed by atoms with Gasteiger partial charge in [0.1, 0.15) is 0 Å². The molecule has 0 saturated carbocycles. The molecule has 0 aliphatic rings. The average Bonchev–Trinajstić information content (AvgIpc) is 2.58. The summed E-state index contributed by atoms with van der Waals surface area (Å²) in [5, 5.41) is 6.27. The van der Waals surface area contributed by atoms with Crippen molar-refractivity contribution in [1.29, 1.82) is 0 Å². The van der Waals surface area contributed by atoms with E-state index in [1.807, 2.05) is 30.5 Å². The first kappa shape index (κ1) is 20.6. The molecule has 0 saturated heterocycles. The Kier molecular flexibility index (Phi) is 7.78. The van der Waals surface area contributed by atoms with Crippen LogP contribution in [0, 0.1) is 0 Å². The predicted molar refractivity (Wildman–Crippen MR) is 109 cm³/mol. The lowest BCUT2D eigenvalue weighted by Crippen LogP contribution is -3.11. The van der Waals surface area contributed by atoms with Crippen molar-refractivity contribution in [1.82, 2.24) is 0 Å². The number of anilines is 2. The van der Waals surface area contributed by atoms with E-state index in [0.717, 1.165) is 15.5 Å². The minimum atomic E-state index is -0.269. The highest BCUT2D eigenvalue weighted by Gasteiger charge is 2.16. The van der Waals surface area contributed by atoms with E-state index in [-0.39, 0.29) is 24.9 Å². The highest BCUT2D eigenvalue weighted by molar-refractivity contribution is 7.98. The zero-order valence-electron chi connectivity index (χ0n) is 14.4. The van der Waals surface area contributed by atoms with Gasteiger partial charge in [-0.2, -0.15) is 0 Å². The molecule has 0 radical (unpaired) electrons. The molecule has 0 heterocycles. The Labute approximate surface area is 167 Å². The summed E-state index contributed by atoms with van der Waals surface area (Å²) >= 11 is 13.7. The maximum absolute atomic E-state index is 12.2. The second-order valence-corrected chi connectivity index (χ2v) is 7.43. The van der Waals surface area contributed by atoms with Crippen molar-refractivity contribution in [3.8, 4) is 0 Å². The Morgan fingerprint density at radius 3 is 2.19 bits per heavy atom. The van der Waals surface area contributed by atoms with Crippen molar-refractivity contribution >= 4 is 58.2 Å². The number of hydrogen-bond donors (Lipinski definition) is 3. The predicted octanol–water partition coefficient (Wildman–Crippen LogP) is 2.81. The van der Waals surface area contributed by atoms with Crippen LogP contribution in [0.25, 0.3) is 0 Å². The van der Waals surface area contributed by atoms with E-state index in [4.69, 9.17) is 23.2 Å². The van der Waals surface area contributed by atoms with Crippen LogP contribution in [0.15, 0.2) is 47.4 Å². The number of likely N-dealkylation sites (N-methyl/N-ethyl adjacent to an activating group) is 1. The number of benzene rings is 2. The van der Waals surface area contributed by atoms with Crippen LogP contribution >= 0.6 is 35.0 Å². The van der Waals surface area contributed by atoms with Crippen molar-refractivity contribution < 1.29 is 14.5 Å². The minimum absolute atomic E-state index is 0.111. The summed E-state index contributed by atoms with van der Waals surface area (Å²) in [6.07, 6.45) is 1.97. The number of carbonyl (C=O) groups is 2. The van der Waals surface area contributed by atoms with Gasteiger partial charge in [-0.15, -0.1) is 11.8 Å². The van der Waals surface area contributed by atoms with Gasteiger partial charge in [-0.1, -0.05) is 35.3 Å². The van der Waals surface area contributed by atoms with Crippen LogP contribution < -0.4 is 15.5 Å². The largest absolute Gasteiger partial charge is 0.322 e. The zero-order valence-corrected chi connectivity index (χ0v) is 16.8. The lowest BCUT2D eigenvalue weighted by molar-refractivity contribution is -0.862. The lowest BCUT2D eigenvalue weighted by atomic mass is 10.3. The van der Waals surface area contributed by atoms with E-state index in [9.17, 15) is 9.59 Å². The van der Waals surface area contributed by atoms with Crippen molar-refractivity contribution in [3.05, 3.63) is 52.5 Å². The maximum Gasteiger partial charge on any atom is 0.279 e. The van der Waals surface area contributed by atoms with Crippen LogP contribution in [-0.4, -0.2) is 38.2 Å². The topological polar surface area (TPSA) is 62.6 Å². The first-order valence-electron chi connectivity index (χ1n) is 7.88. The molecule has 0 bridgehead atoms. The van der Waals surface area contributed by atoms with E-state index >= 15 is 0 Å². The summed E-state index contributed by atoms with van der Waals surface area (Å²) in [5.41, 5.74) is 1.12. The standard InChI is InChI=1S/C18H19Cl2N3O2S/c1-23(10-16(24)21-12-5-3-6-13(9-12)26-2)11-17(25)22-18-14(19)7-4-8-15(18)20/h3-9H,10-11H2,1-2H3,(H,21,24)(H,22,25)/p+1. The molecule has 0 aliphatic heterocycles. The van der Waals surface area contributed by atoms with E-state index < -0.39 is 0 Å². The third kappa shape index (κ3) is 6.21. The number of nitrogens with one attached hydrogen (secondary N) is 3. The zero-order chi connectivity index (χ0) is 19.1. The molecule has 8 heteroatoms. The normalized spacial score (nSPS) is 11.7. The number of amides is 2. The monoisotopic (exact) mass is 412 g/mol. The average molecular weight is 413 g/mol. The van der Waals surface area contributed by atoms with E-state index in [0.29, 0.717) is 15.7 Å². The molecule has 1 atom stereocenters. The summed E-state index contributed by atoms with van der Waals surface area (Å²) in [7, 11) is 1.77. The van der Waals surface area contributed by atoms with Crippen molar-refractivity contribution in [2.24, 2.45) is 0 Å². The first-order chi connectivity index (χ1) is 12.4. The van der Waals surface area contributed by atoms with Crippen LogP contribution in [0.5, 0.6) is 0 Å². The van der Waals surface area contributed by atoms with Crippen molar-refractivity contribution in [2.75, 3.05) is 37.0 Å². The van der Waals surface area contributed by atoms with Crippen LogP contribution in [0.2, 0.25) is 10.0 Å². The van der Waals surface area contributed by atoms with Gasteiger partial charge in [-0.05, 0) is 36.6 Å². The van der Waals surface area contributed by atoms with Gasteiger partial charge in [0.05, 0.1) is 22.8 Å². The summed E-state index contributed by atoms with van der Waals surface area (Å²) in [5.74, 6) is -0.431. The van der Waals surface area contributed by atoms with Gasteiger partial charge >= 0.3 is 0 Å². The van der Waals surface area contributed by atoms with Crippen LogP contribution in [0.3, 0.4) is 0 Å². The van der Waals surface area contributed by atoms with Crippen LogP contribution in [0.4, 0.5) is 11.4 Å². The third-order valence-corrected chi connectivity index (χ3v) is 4.86. The molecule has 0 aliphatic carbocycles. The molecule has 138 valence electrons. The number of carbonyl (C=O) groups excluding carboxylic acids is 2. The molecule has 3 N–H and O–H groups in total. The summed E-state index contributed by atoms with van der Waals surface area (Å²) in [4.78, 5) is 26.1. The fraction of sp³-hybridized carbons (Fsp3) is 0.222. The Morgan fingerprint density at radius 2 is 1.58 bits per heavy atom. The number of halogens is 2. The van der Waals surface area contributed by atoms with Crippen LogP contribution in [0.1, 0.15) is 0 Å². The van der Waals surface area contributed by atoms with Crippen molar-refractivity contribution in [3.63, 3.8) is 0 Å². The lowest BCUT2D eigenvalue weighted by Gasteiger charge is -2.15. The Hall–Kier alpha value is -1.73. The number of hydrogen-bond acceptors (Lipinski definition) is 3. The Morgan fingerprint density at radius 1 is 1.00 bits per heavy atom. The van der Waals surface area contributed by atoms with Crippen LogP contribution in [-0.2, 0) is 9.59 Å². The van der Waals surface area contributed by atoms with Gasteiger partial charge in [0, 0.05) is 10.6 Å². The number of thioether (sulfide) groups is 1. The van der Waals surface area contributed by atoms with E-state index in [1.54, 1.807) is 37.0 Å². The van der Waals surface area contributed by atoms with Crippen molar-refractivity contribution in [2.45, 2.75) is 4.90 Å². The van der Waals surface area contributed by atoms with E-state index in [1.165, 1.54) is 0 Å². The highest BCUT2D eigenvalue weighted by atomic mass is 35.5. The number of rotatable bonds is 7. The van der Waals surface area contributed by atoms with E-state index in [2.05, 4.69) is 10.6 Å². The maximum atomic E-state index is 12.2. The molecule has 5 nitrogen and oxygen atoms in total. The molecule has 1 unspecified atom stereocenters. The van der Waals surface area contributed by atoms with Gasteiger partial charge in [-0.3, -0.25) is 9.59 Å². The first-order valence-corrected chi connectivity index (χ1v) is 9.86. The summed E-state index contributed by atoms with van der Waals surface area (Å²) in [6.45, 7) is 0.271. The van der Waals surface area contributed by atoms with Gasteiger partial charge in [-0.25, -0.2) is 0 Å². The molecular weight excluding hydrogens is 393 g/mol. The second kappa shape index (κ2) is 9.83. The molecule has 2 aromatic rings. The quantitative estimate of drug-likeness (QED) is 0.612. The van der Waals surface area contributed by atoms with Gasteiger partial charge in [0.25, 0.3) is 11.8 Å². The number of para-hydroxylation sites is 1. The fourth-order valence-electron chi connectivity index (χ4n) is 2.32. The summed E-state index contributed by atoms with van der Waals surface area (Å²) < 4.78 is 0. The molecular formula is C18H20Cl2N3O2S+. The molecule has 2 aromatic carbocycles. The fourth-order valence-corrected chi connectivity index (χ4v) is 3.27. The molecule has 0 fully saturated rings. The second-order valence-electron chi connectivity index (χ2n) is 5.74. The van der Waals surface area contributed by atoms with Gasteiger partial charge in [0.15, 0.2) is 13.1 Å². The Balaban J connectivity index is 1.86. The van der Waals surface area contributed by atoms with Gasteiger partial charge in [0.2, 0.25) is 0 Å². The summed E-state index contributed by atoms with van der Waals surface area (Å²) in [6, 6.07) is 12.6. The number of quaternary nitrogens is 1. The molecule has 0 aromatic heterocycles. The molecule has 0 spiro atoms. The SMILES string of the molecule is CSc1cccc(NC(=O)C[NH+](C)CC(=O)Nc2c(Cl)cccc2Cl)c1. The smallest absolute Gasteiger partial charge is 0.279 e. The third-order valence-electron chi connectivity index (χ3n) is 3.51.